The monoisotopic (exact) mass is 1210 g/mol. The lowest BCUT2D eigenvalue weighted by molar-refractivity contribution is -0.360. The maximum Gasteiger partial charge on any atom is 0.338 e. The van der Waals surface area contributed by atoms with E-state index in [0.717, 1.165) is 50.5 Å². The average Bonchev–Trinajstić information content (AvgIpc) is 2.28. The number of fused-ring (bicyclic) bond motifs is 1. The van der Waals surface area contributed by atoms with Gasteiger partial charge in [0.15, 0.2) is 24.8 Å². The molecule has 88 heavy (non-hydrogen) atoms. The highest BCUT2D eigenvalue weighted by Crippen LogP contribution is 2.38. The first-order valence-electron chi connectivity index (χ1n) is 34.4. The molecule has 1 unspecified atom stereocenters. The molecule has 2 heterocycles. The van der Waals surface area contributed by atoms with E-state index in [2.05, 4.69) is 19.2 Å². The van der Waals surface area contributed by atoms with Gasteiger partial charge < -0.3 is 38.5 Å². The quantitative estimate of drug-likeness (QED) is 0.0148. The number of hydrogen-bond donors (Lipinski definition) is 1. The van der Waals surface area contributed by atoms with Gasteiger partial charge in [0.2, 0.25) is 5.91 Å². The Kier molecular flexibility index (Phi) is 36.0. The minimum absolute atomic E-state index is 0.00634. The molecule has 2 saturated heterocycles. The molecule has 0 aliphatic carbocycles. The van der Waals surface area contributed by atoms with Crippen LogP contribution in [0.2, 0.25) is 0 Å². The van der Waals surface area contributed by atoms with Crippen molar-refractivity contribution in [2.75, 3.05) is 13.2 Å². The van der Waals surface area contributed by atoms with Crippen molar-refractivity contribution in [3.05, 3.63) is 168 Å². The summed E-state index contributed by atoms with van der Waals surface area (Å²) in [6, 6.07) is 34.2. The zero-order chi connectivity index (χ0) is 61.9. The molecule has 0 radical (unpaired) electrons. The number of ether oxygens (including phenoxy) is 7. The first-order valence-corrected chi connectivity index (χ1v) is 34.4. The predicted molar refractivity (Wildman–Crippen MR) is 351 cm³/mol. The summed E-state index contributed by atoms with van der Waals surface area (Å²) in [6.07, 6.45) is 39.3. The highest BCUT2D eigenvalue weighted by Gasteiger charge is 2.55. The van der Waals surface area contributed by atoms with Crippen LogP contribution in [0.3, 0.4) is 0 Å². The van der Waals surface area contributed by atoms with E-state index in [-0.39, 0.29) is 24.3 Å². The summed E-state index contributed by atoms with van der Waals surface area (Å²) >= 11 is 0. The standard InChI is InChI=1S/C76H107NO11/c1-3-5-7-9-11-13-15-17-18-19-20-21-22-23-24-26-28-30-32-34-48-58-68(78)77-65(66(84-72(79)61-49-39-35-40-50-61)57-47-33-31-29-27-25-16-14-12-10-8-6-4-2)59-82-76-71(87-74(81)63-53-43-37-44-54-63)70(86-73(80)62-51-41-36-42-52-62)69-67(85-76)60-83-75(88-69)64-55-45-38-46-56-64/h35-58,65-67,69-71,75-76H,3-34,59-60H2,1-2H3,(H,77,78)/t65-,66+,67+,69+,70-,71+,75?,76-/m0/s1. The Bertz CT molecular complexity index is 2520. The Hall–Kier alpha value is -5.92. The molecule has 12 heteroatoms. The summed E-state index contributed by atoms with van der Waals surface area (Å²) in [4.78, 5) is 56.5. The number of benzene rings is 4. The predicted octanol–water partition coefficient (Wildman–Crippen LogP) is 18.6. The summed E-state index contributed by atoms with van der Waals surface area (Å²) in [7, 11) is 0. The SMILES string of the molecule is CCCCCCCCCCCCCC=C[C@@H](OC(=O)c1ccccc1)[C@H](CO[C@H]1O[C@@H]2COC(c3ccccc3)O[C@H]2[C@H](OC(=O)c2ccccc2)[C@H]1OC(=O)c1ccccc1)NC(=O)C=CCCCCCCCCCCCCCCCCCCCCC. The van der Waals surface area contributed by atoms with Crippen molar-refractivity contribution in [2.45, 2.75) is 268 Å². The minimum atomic E-state index is -1.41. The normalized spacial score (nSPS) is 19.0. The van der Waals surface area contributed by atoms with E-state index in [1.54, 1.807) is 84.9 Å². The maximum absolute atomic E-state index is 14.2. The lowest BCUT2D eigenvalue weighted by Gasteiger charge is -2.48. The molecule has 2 aliphatic rings. The van der Waals surface area contributed by atoms with Gasteiger partial charge in [-0.25, -0.2) is 14.4 Å². The van der Waals surface area contributed by atoms with Gasteiger partial charge in [-0.3, -0.25) is 4.79 Å². The number of carbonyl (C=O) groups is 4. The molecular formula is C76H107NO11. The third kappa shape index (κ3) is 27.9. The van der Waals surface area contributed by atoms with Crippen LogP contribution in [0.1, 0.15) is 262 Å². The lowest BCUT2D eigenvalue weighted by atomic mass is 9.96. The smallest absolute Gasteiger partial charge is 0.338 e. The Morgan fingerprint density at radius 1 is 0.477 bits per heavy atom. The fourth-order valence-corrected chi connectivity index (χ4v) is 11.6. The number of esters is 3. The van der Waals surface area contributed by atoms with Gasteiger partial charge in [-0.15, -0.1) is 0 Å². The first-order chi connectivity index (χ1) is 43.3. The maximum atomic E-state index is 14.2. The van der Waals surface area contributed by atoms with Crippen molar-refractivity contribution in [3.8, 4) is 0 Å². The Labute approximate surface area is 528 Å². The van der Waals surface area contributed by atoms with Gasteiger partial charge in [-0.05, 0) is 74.2 Å². The average molecular weight is 1210 g/mol. The van der Waals surface area contributed by atoms with Gasteiger partial charge in [-0.2, -0.15) is 0 Å². The summed E-state index contributed by atoms with van der Waals surface area (Å²) in [5, 5.41) is 3.12. The second kappa shape index (κ2) is 44.5. The molecule has 0 spiro atoms. The van der Waals surface area contributed by atoms with Gasteiger partial charge in [0, 0.05) is 5.56 Å². The van der Waals surface area contributed by atoms with Crippen LogP contribution in [0.4, 0.5) is 0 Å². The van der Waals surface area contributed by atoms with E-state index in [1.165, 1.54) is 167 Å². The molecule has 1 N–H and O–H groups in total. The van der Waals surface area contributed by atoms with Crippen LogP contribution >= 0.6 is 0 Å². The van der Waals surface area contributed by atoms with Crippen LogP contribution in [0, 0.1) is 0 Å². The number of unbranched alkanes of at least 4 members (excludes halogenated alkanes) is 30. The molecule has 0 saturated carbocycles. The van der Waals surface area contributed by atoms with Crippen LogP contribution in [0.15, 0.2) is 146 Å². The van der Waals surface area contributed by atoms with Crippen molar-refractivity contribution in [3.63, 3.8) is 0 Å². The summed E-state index contributed by atoms with van der Waals surface area (Å²) < 4.78 is 45.4. The van der Waals surface area contributed by atoms with Gasteiger partial charge >= 0.3 is 17.9 Å². The van der Waals surface area contributed by atoms with Crippen molar-refractivity contribution < 1.29 is 52.3 Å². The molecule has 12 nitrogen and oxygen atoms in total. The topological polar surface area (TPSA) is 145 Å². The number of rotatable bonds is 46. The van der Waals surface area contributed by atoms with Gasteiger partial charge in [0.05, 0.1) is 35.9 Å². The first kappa shape index (κ1) is 71.2. The van der Waals surface area contributed by atoms with Crippen LogP contribution in [-0.2, 0) is 38.0 Å². The molecule has 4 aromatic carbocycles. The molecular weight excluding hydrogens is 1100 g/mol. The van der Waals surface area contributed by atoms with Gasteiger partial charge in [-0.1, -0.05) is 291 Å². The summed E-state index contributed by atoms with van der Waals surface area (Å²) in [5.41, 5.74) is 1.60. The highest BCUT2D eigenvalue weighted by atomic mass is 16.8. The van der Waals surface area contributed by atoms with Crippen LogP contribution in [0.5, 0.6) is 0 Å². The third-order valence-corrected chi connectivity index (χ3v) is 16.8. The van der Waals surface area contributed by atoms with E-state index in [4.69, 9.17) is 33.2 Å². The zero-order valence-electron chi connectivity index (χ0n) is 53.5. The van der Waals surface area contributed by atoms with E-state index >= 15 is 0 Å². The van der Waals surface area contributed by atoms with E-state index in [1.807, 2.05) is 54.6 Å². The summed E-state index contributed by atoms with van der Waals surface area (Å²) in [6.45, 7) is 4.25. The number of carbonyl (C=O) groups excluding carboxylic acids is 4. The van der Waals surface area contributed by atoms with Crippen molar-refractivity contribution >= 4 is 23.8 Å². The molecule has 482 valence electrons. The van der Waals surface area contributed by atoms with Crippen LogP contribution in [0.25, 0.3) is 0 Å². The number of hydrogen-bond acceptors (Lipinski definition) is 11. The Balaban J connectivity index is 1.14. The van der Waals surface area contributed by atoms with Crippen LogP contribution < -0.4 is 5.32 Å². The zero-order valence-corrected chi connectivity index (χ0v) is 53.5. The van der Waals surface area contributed by atoms with Crippen molar-refractivity contribution in [1.82, 2.24) is 5.32 Å². The number of allylic oxidation sites excluding steroid dienone is 2. The molecule has 1 amide bonds. The Morgan fingerprint density at radius 2 is 0.875 bits per heavy atom. The number of nitrogens with one attached hydrogen (secondary N) is 1. The van der Waals surface area contributed by atoms with E-state index in [0.29, 0.717) is 5.56 Å². The van der Waals surface area contributed by atoms with Crippen LogP contribution in [-0.4, -0.2) is 79.9 Å². The van der Waals surface area contributed by atoms with E-state index < -0.39 is 73.0 Å². The molecule has 4 aromatic rings. The lowest BCUT2D eigenvalue weighted by Crippen LogP contribution is -2.64. The van der Waals surface area contributed by atoms with E-state index in [9.17, 15) is 19.2 Å². The fourth-order valence-electron chi connectivity index (χ4n) is 11.6. The molecule has 8 atom stereocenters. The Morgan fingerprint density at radius 3 is 1.33 bits per heavy atom. The van der Waals surface area contributed by atoms with Crippen molar-refractivity contribution in [1.29, 1.82) is 0 Å². The third-order valence-electron chi connectivity index (χ3n) is 16.8. The van der Waals surface area contributed by atoms with Gasteiger partial charge in [0.1, 0.15) is 18.3 Å². The summed E-state index contributed by atoms with van der Waals surface area (Å²) in [5.74, 6) is -2.36. The molecule has 2 fully saturated rings. The van der Waals surface area contributed by atoms with Gasteiger partial charge in [0.25, 0.3) is 0 Å². The molecule has 0 bridgehead atoms. The fraction of sp³-hybridized carbons (Fsp3) is 0.579. The highest BCUT2D eigenvalue weighted by molar-refractivity contribution is 5.91. The molecule has 0 aromatic heterocycles. The largest absolute Gasteiger partial charge is 0.452 e. The molecule has 2 aliphatic heterocycles. The second-order valence-corrected chi connectivity index (χ2v) is 24.2. The molecule has 6 rings (SSSR count). The second-order valence-electron chi connectivity index (χ2n) is 24.2. The van der Waals surface area contributed by atoms with Crippen molar-refractivity contribution in [2.24, 2.45) is 0 Å². The minimum Gasteiger partial charge on any atom is -0.452 e. The number of amides is 1.